The predicted octanol–water partition coefficient (Wildman–Crippen LogP) is 5.19. The van der Waals surface area contributed by atoms with Gasteiger partial charge in [-0.05, 0) is 35.7 Å². The maximum Gasteiger partial charge on any atom is 0.296 e. The van der Waals surface area contributed by atoms with Gasteiger partial charge in [0.1, 0.15) is 6.26 Å². The van der Waals surface area contributed by atoms with Gasteiger partial charge in [-0.3, -0.25) is 4.18 Å². The van der Waals surface area contributed by atoms with Crippen LogP contribution in [0.3, 0.4) is 0 Å². The first-order valence-corrected chi connectivity index (χ1v) is 11.4. The minimum atomic E-state index is -3.77. The summed E-state index contributed by atoms with van der Waals surface area (Å²) in [6.45, 7) is 1.91. The first-order chi connectivity index (χ1) is 15.0. The molecule has 0 N–H and O–H groups in total. The van der Waals surface area contributed by atoms with E-state index in [0.717, 1.165) is 16.7 Å². The van der Waals surface area contributed by atoms with Gasteiger partial charge in [0.05, 0.1) is 17.2 Å². The monoisotopic (exact) mass is 433 g/mol. The standard InChI is InChI=1S/C25H23NO4S/c1-19-7-13-24(14-8-19)31(27,28)30-16-15-23-18-29-25(26-23)17-20-9-11-22(12-10-20)21-5-3-2-4-6-21/h2-14,18H,15-17H2,1H3. The number of hydrogen-bond donors (Lipinski definition) is 0. The fourth-order valence-corrected chi connectivity index (χ4v) is 4.10. The van der Waals surface area contributed by atoms with Crippen LogP contribution in [-0.4, -0.2) is 20.0 Å². The minimum absolute atomic E-state index is 0.00789. The predicted molar refractivity (Wildman–Crippen MR) is 119 cm³/mol. The normalized spacial score (nSPS) is 11.5. The average molecular weight is 434 g/mol. The lowest BCUT2D eigenvalue weighted by Gasteiger charge is -2.05. The highest BCUT2D eigenvalue weighted by atomic mass is 32.2. The number of aromatic nitrogens is 1. The van der Waals surface area contributed by atoms with Gasteiger partial charge in [0, 0.05) is 12.8 Å². The third kappa shape index (κ3) is 5.48. The van der Waals surface area contributed by atoms with Crippen molar-refractivity contribution in [2.75, 3.05) is 6.61 Å². The summed E-state index contributed by atoms with van der Waals surface area (Å²) < 4.78 is 35.2. The van der Waals surface area contributed by atoms with Gasteiger partial charge >= 0.3 is 0 Å². The molecule has 0 saturated carbocycles. The highest BCUT2D eigenvalue weighted by molar-refractivity contribution is 7.86. The molecule has 1 aromatic heterocycles. The number of benzene rings is 3. The second kappa shape index (κ2) is 9.29. The largest absolute Gasteiger partial charge is 0.448 e. The average Bonchev–Trinajstić information content (AvgIpc) is 3.22. The van der Waals surface area contributed by atoms with Crippen LogP contribution in [0.15, 0.2) is 94.4 Å². The van der Waals surface area contributed by atoms with Crippen molar-refractivity contribution in [3.8, 4) is 11.1 Å². The molecule has 0 aliphatic carbocycles. The molecule has 0 saturated heterocycles. The van der Waals surface area contributed by atoms with E-state index in [-0.39, 0.29) is 11.5 Å². The number of nitrogens with zero attached hydrogens (tertiary/aromatic N) is 1. The van der Waals surface area contributed by atoms with Gasteiger partial charge in [-0.2, -0.15) is 8.42 Å². The molecule has 158 valence electrons. The van der Waals surface area contributed by atoms with Crippen LogP contribution in [0.25, 0.3) is 11.1 Å². The van der Waals surface area contributed by atoms with Crippen LogP contribution in [-0.2, 0) is 27.1 Å². The Hall–Kier alpha value is -3.22. The van der Waals surface area contributed by atoms with Gasteiger partial charge in [0.2, 0.25) is 0 Å². The Morgan fingerprint density at radius 3 is 2.26 bits per heavy atom. The first-order valence-electron chi connectivity index (χ1n) is 10.0. The summed E-state index contributed by atoms with van der Waals surface area (Å²) in [6, 6.07) is 25.1. The molecule has 0 fully saturated rings. The van der Waals surface area contributed by atoms with Crippen LogP contribution < -0.4 is 0 Å². The Morgan fingerprint density at radius 1 is 0.871 bits per heavy atom. The van der Waals surface area contributed by atoms with Crippen LogP contribution in [0.5, 0.6) is 0 Å². The van der Waals surface area contributed by atoms with E-state index < -0.39 is 10.1 Å². The maximum atomic E-state index is 12.2. The van der Waals surface area contributed by atoms with Crippen molar-refractivity contribution in [3.05, 3.63) is 108 Å². The molecule has 4 aromatic rings. The number of aryl methyl sites for hydroxylation is 1. The van der Waals surface area contributed by atoms with Crippen LogP contribution in [0, 0.1) is 6.92 Å². The van der Waals surface area contributed by atoms with Crippen molar-refractivity contribution >= 4 is 10.1 Å². The molecule has 0 spiro atoms. The van der Waals surface area contributed by atoms with Gasteiger partial charge in [0.15, 0.2) is 5.89 Å². The maximum absolute atomic E-state index is 12.2. The molecule has 0 unspecified atom stereocenters. The molecule has 3 aromatic carbocycles. The SMILES string of the molecule is Cc1ccc(S(=O)(=O)OCCc2coc(Cc3ccc(-c4ccccc4)cc3)n2)cc1. The first kappa shape index (κ1) is 21.0. The molecular weight excluding hydrogens is 410 g/mol. The molecule has 31 heavy (non-hydrogen) atoms. The van der Waals surface area contributed by atoms with Gasteiger partial charge < -0.3 is 4.42 Å². The van der Waals surface area contributed by atoms with E-state index in [4.69, 9.17) is 8.60 Å². The zero-order valence-corrected chi connectivity index (χ0v) is 18.0. The Balaban J connectivity index is 1.32. The summed E-state index contributed by atoms with van der Waals surface area (Å²) in [5, 5.41) is 0. The number of oxazole rings is 1. The molecule has 1 heterocycles. The summed E-state index contributed by atoms with van der Waals surface area (Å²) in [5.41, 5.74) is 5.07. The Bertz CT molecular complexity index is 1230. The molecule has 5 nitrogen and oxygen atoms in total. The minimum Gasteiger partial charge on any atom is -0.448 e. The van der Waals surface area contributed by atoms with Crippen LogP contribution in [0.4, 0.5) is 0 Å². The summed E-state index contributed by atoms with van der Waals surface area (Å²) in [4.78, 5) is 4.60. The summed E-state index contributed by atoms with van der Waals surface area (Å²) >= 11 is 0. The smallest absolute Gasteiger partial charge is 0.296 e. The summed E-state index contributed by atoms with van der Waals surface area (Å²) in [6.07, 6.45) is 2.47. The molecule has 0 radical (unpaired) electrons. The van der Waals surface area contributed by atoms with E-state index in [2.05, 4.69) is 41.4 Å². The van der Waals surface area contributed by atoms with E-state index in [1.54, 1.807) is 30.5 Å². The van der Waals surface area contributed by atoms with Crippen molar-refractivity contribution < 1.29 is 17.0 Å². The van der Waals surface area contributed by atoms with Crippen molar-refractivity contribution in [3.63, 3.8) is 0 Å². The van der Waals surface area contributed by atoms with E-state index in [1.165, 1.54) is 5.56 Å². The quantitative estimate of drug-likeness (QED) is 0.358. The molecule has 4 rings (SSSR count). The molecule has 0 atom stereocenters. The van der Waals surface area contributed by atoms with E-state index in [9.17, 15) is 8.42 Å². The van der Waals surface area contributed by atoms with Crippen LogP contribution >= 0.6 is 0 Å². The second-order valence-corrected chi connectivity index (χ2v) is 8.93. The van der Waals surface area contributed by atoms with Gasteiger partial charge in [-0.15, -0.1) is 0 Å². The second-order valence-electron chi connectivity index (χ2n) is 7.31. The summed E-state index contributed by atoms with van der Waals surface area (Å²) in [7, 11) is -3.77. The zero-order chi connectivity index (χ0) is 21.7. The molecule has 0 bridgehead atoms. The number of rotatable bonds is 8. The van der Waals surface area contributed by atoms with E-state index in [0.29, 0.717) is 24.4 Å². The van der Waals surface area contributed by atoms with E-state index >= 15 is 0 Å². The lowest BCUT2D eigenvalue weighted by molar-refractivity contribution is 0.320. The van der Waals surface area contributed by atoms with Crippen molar-refractivity contribution in [2.24, 2.45) is 0 Å². The zero-order valence-electron chi connectivity index (χ0n) is 17.2. The van der Waals surface area contributed by atoms with Crippen LogP contribution in [0.1, 0.15) is 22.7 Å². The van der Waals surface area contributed by atoms with Crippen LogP contribution in [0.2, 0.25) is 0 Å². The molecular formula is C25H23NO4S. The lowest BCUT2D eigenvalue weighted by Crippen LogP contribution is -2.09. The molecule has 0 aliphatic rings. The third-order valence-electron chi connectivity index (χ3n) is 4.92. The topological polar surface area (TPSA) is 69.4 Å². The Kier molecular flexibility index (Phi) is 6.30. The van der Waals surface area contributed by atoms with Crippen molar-refractivity contribution in [1.82, 2.24) is 4.98 Å². The lowest BCUT2D eigenvalue weighted by atomic mass is 10.0. The fraction of sp³-hybridized carbons (Fsp3) is 0.160. The number of hydrogen-bond acceptors (Lipinski definition) is 5. The molecule has 0 aliphatic heterocycles. The van der Waals surface area contributed by atoms with Crippen molar-refractivity contribution in [2.45, 2.75) is 24.7 Å². The highest BCUT2D eigenvalue weighted by Gasteiger charge is 2.15. The van der Waals surface area contributed by atoms with Gasteiger partial charge in [-0.1, -0.05) is 72.3 Å². The Morgan fingerprint density at radius 2 is 1.55 bits per heavy atom. The summed E-state index contributed by atoms with van der Waals surface area (Å²) in [5.74, 6) is 0.587. The van der Waals surface area contributed by atoms with Gasteiger partial charge in [0.25, 0.3) is 10.1 Å². The third-order valence-corrected chi connectivity index (χ3v) is 6.25. The van der Waals surface area contributed by atoms with Crippen molar-refractivity contribution in [1.29, 1.82) is 0 Å². The molecule has 0 amide bonds. The highest BCUT2D eigenvalue weighted by Crippen LogP contribution is 2.20. The van der Waals surface area contributed by atoms with E-state index in [1.807, 2.05) is 25.1 Å². The molecule has 6 heteroatoms. The Labute approximate surface area is 182 Å². The van der Waals surface area contributed by atoms with Gasteiger partial charge in [-0.25, -0.2) is 4.98 Å². The fourth-order valence-electron chi connectivity index (χ4n) is 3.19.